The van der Waals surface area contributed by atoms with Crippen LogP contribution in [0.1, 0.15) is 59.9 Å². The summed E-state index contributed by atoms with van der Waals surface area (Å²) in [6.45, 7) is 13.7. The van der Waals surface area contributed by atoms with Gasteiger partial charge in [0.25, 0.3) is 0 Å². The van der Waals surface area contributed by atoms with Crippen LogP contribution in [0.3, 0.4) is 0 Å². The molecule has 0 unspecified atom stereocenters. The van der Waals surface area contributed by atoms with E-state index in [4.69, 9.17) is 0 Å². The predicted molar refractivity (Wildman–Crippen MR) is 103 cm³/mol. The van der Waals surface area contributed by atoms with Crippen LogP contribution in [0.4, 0.5) is 5.69 Å². The molecule has 1 N–H and O–H groups in total. The molecule has 4 nitrogen and oxygen atoms in total. The van der Waals surface area contributed by atoms with Gasteiger partial charge >= 0.3 is 0 Å². The van der Waals surface area contributed by atoms with Gasteiger partial charge in [-0.25, -0.2) is 0 Å². The normalized spacial score (nSPS) is 16.6. The summed E-state index contributed by atoms with van der Waals surface area (Å²) in [6, 6.07) is 8.08. The second kappa shape index (κ2) is 7.19. The molecule has 138 valence electrons. The van der Waals surface area contributed by atoms with E-state index in [0.717, 1.165) is 18.5 Å². The van der Waals surface area contributed by atoms with Crippen molar-refractivity contribution in [2.24, 2.45) is 11.3 Å². The topological polar surface area (TPSA) is 49.4 Å². The monoisotopic (exact) mass is 344 g/mol. The molecule has 25 heavy (non-hydrogen) atoms. The van der Waals surface area contributed by atoms with E-state index in [1.165, 1.54) is 5.56 Å². The van der Waals surface area contributed by atoms with Gasteiger partial charge in [-0.15, -0.1) is 0 Å². The molecule has 0 aliphatic carbocycles. The van der Waals surface area contributed by atoms with E-state index in [-0.39, 0.29) is 28.6 Å². The number of hydrogen-bond donors (Lipinski definition) is 1. The fraction of sp³-hybridized carbons (Fsp3) is 0.619. The molecule has 1 heterocycles. The maximum atomic E-state index is 12.5. The van der Waals surface area contributed by atoms with Crippen LogP contribution in [0, 0.1) is 11.3 Å². The fourth-order valence-electron chi connectivity index (χ4n) is 3.12. The van der Waals surface area contributed by atoms with Crippen molar-refractivity contribution < 1.29 is 9.59 Å². The summed E-state index contributed by atoms with van der Waals surface area (Å²) in [4.78, 5) is 26.7. The standard InChI is InChI=1S/C21H32N2O2/c1-20(2,3)16-7-9-17(10-8-16)22-18(24)15-11-13-23(14-12-15)19(25)21(4,5)6/h7-10,15H,11-14H2,1-6H3,(H,22,24). The van der Waals surface area contributed by atoms with Gasteiger partial charge in [-0.3, -0.25) is 9.59 Å². The minimum absolute atomic E-state index is 0.0219. The number of amides is 2. The Bertz CT molecular complexity index is 613. The summed E-state index contributed by atoms with van der Waals surface area (Å²) in [5.41, 5.74) is 1.84. The maximum absolute atomic E-state index is 12.5. The minimum atomic E-state index is -0.357. The number of anilines is 1. The van der Waals surface area contributed by atoms with Gasteiger partial charge in [0.15, 0.2) is 0 Å². The first-order valence-electron chi connectivity index (χ1n) is 9.19. The zero-order valence-corrected chi connectivity index (χ0v) is 16.5. The molecule has 1 aromatic carbocycles. The Morgan fingerprint density at radius 1 is 0.960 bits per heavy atom. The molecule has 0 spiro atoms. The Morgan fingerprint density at radius 2 is 1.48 bits per heavy atom. The van der Waals surface area contributed by atoms with Gasteiger partial charge in [-0.05, 0) is 36.0 Å². The van der Waals surface area contributed by atoms with Crippen molar-refractivity contribution in [3.05, 3.63) is 29.8 Å². The highest BCUT2D eigenvalue weighted by Gasteiger charge is 2.32. The Morgan fingerprint density at radius 3 is 1.92 bits per heavy atom. The van der Waals surface area contributed by atoms with Crippen LogP contribution in [0.25, 0.3) is 0 Å². The molecule has 2 amide bonds. The summed E-state index contributed by atoms with van der Waals surface area (Å²) in [6.07, 6.45) is 1.46. The molecule has 4 heteroatoms. The molecule has 0 aromatic heterocycles. The van der Waals surface area contributed by atoms with Crippen molar-refractivity contribution in [2.75, 3.05) is 18.4 Å². The molecule has 1 saturated heterocycles. The smallest absolute Gasteiger partial charge is 0.227 e. The molecule has 0 atom stereocenters. The Kier molecular flexibility index (Phi) is 5.60. The van der Waals surface area contributed by atoms with Gasteiger partial charge in [-0.2, -0.15) is 0 Å². The maximum Gasteiger partial charge on any atom is 0.227 e. The van der Waals surface area contributed by atoms with Crippen molar-refractivity contribution in [1.82, 2.24) is 4.90 Å². The van der Waals surface area contributed by atoms with E-state index in [0.29, 0.717) is 13.1 Å². The van der Waals surface area contributed by atoms with Gasteiger partial charge in [0.05, 0.1) is 0 Å². The number of nitrogens with zero attached hydrogens (tertiary/aromatic N) is 1. The number of nitrogens with one attached hydrogen (secondary N) is 1. The van der Waals surface area contributed by atoms with E-state index < -0.39 is 0 Å². The average molecular weight is 344 g/mol. The van der Waals surface area contributed by atoms with Gasteiger partial charge in [0.2, 0.25) is 11.8 Å². The highest BCUT2D eigenvalue weighted by molar-refractivity contribution is 5.92. The second-order valence-electron chi connectivity index (χ2n) is 9.13. The van der Waals surface area contributed by atoms with Crippen LogP contribution in [-0.2, 0) is 15.0 Å². The van der Waals surface area contributed by atoms with Crippen molar-refractivity contribution in [2.45, 2.75) is 59.8 Å². The van der Waals surface area contributed by atoms with E-state index in [2.05, 4.69) is 38.2 Å². The fourth-order valence-corrected chi connectivity index (χ4v) is 3.12. The van der Waals surface area contributed by atoms with Crippen LogP contribution in [0.2, 0.25) is 0 Å². The van der Waals surface area contributed by atoms with Crippen LogP contribution in [0.5, 0.6) is 0 Å². The van der Waals surface area contributed by atoms with Gasteiger partial charge in [0.1, 0.15) is 0 Å². The lowest BCUT2D eigenvalue weighted by atomic mass is 9.87. The Hall–Kier alpha value is -1.84. The molecule has 1 aliphatic rings. The van der Waals surface area contributed by atoms with Crippen molar-refractivity contribution in [1.29, 1.82) is 0 Å². The average Bonchev–Trinajstić information content (AvgIpc) is 2.53. The van der Waals surface area contributed by atoms with Crippen LogP contribution in [-0.4, -0.2) is 29.8 Å². The summed E-state index contributed by atoms with van der Waals surface area (Å²) in [5.74, 6) is 0.210. The molecular weight excluding hydrogens is 312 g/mol. The summed E-state index contributed by atoms with van der Waals surface area (Å²) >= 11 is 0. The van der Waals surface area contributed by atoms with Crippen molar-refractivity contribution >= 4 is 17.5 Å². The summed E-state index contributed by atoms with van der Waals surface area (Å²) in [5, 5.41) is 3.02. The van der Waals surface area contributed by atoms with Crippen LogP contribution < -0.4 is 5.32 Å². The number of hydrogen-bond acceptors (Lipinski definition) is 2. The molecule has 1 fully saturated rings. The number of benzene rings is 1. The Labute approximate surface area is 152 Å². The van der Waals surface area contributed by atoms with E-state index in [1.54, 1.807) is 0 Å². The summed E-state index contributed by atoms with van der Waals surface area (Å²) in [7, 11) is 0. The minimum Gasteiger partial charge on any atom is -0.342 e. The lowest BCUT2D eigenvalue weighted by Gasteiger charge is -2.35. The van der Waals surface area contributed by atoms with Crippen LogP contribution >= 0.6 is 0 Å². The summed E-state index contributed by atoms with van der Waals surface area (Å²) < 4.78 is 0. The molecule has 2 rings (SSSR count). The molecule has 0 saturated carbocycles. The third kappa shape index (κ3) is 5.07. The SMILES string of the molecule is CC(C)(C)C(=O)N1CCC(C(=O)Nc2ccc(C(C)(C)C)cc2)CC1. The first-order valence-corrected chi connectivity index (χ1v) is 9.19. The van der Waals surface area contributed by atoms with E-state index in [9.17, 15) is 9.59 Å². The van der Waals surface area contributed by atoms with Crippen molar-refractivity contribution in [3.63, 3.8) is 0 Å². The number of likely N-dealkylation sites (tertiary alicyclic amines) is 1. The van der Waals surface area contributed by atoms with E-state index in [1.807, 2.05) is 37.8 Å². The largest absolute Gasteiger partial charge is 0.342 e. The third-order valence-electron chi connectivity index (χ3n) is 4.81. The number of carbonyl (C=O) groups is 2. The van der Waals surface area contributed by atoms with Gasteiger partial charge < -0.3 is 10.2 Å². The molecule has 0 radical (unpaired) electrons. The molecule has 1 aliphatic heterocycles. The highest BCUT2D eigenvalue weighted by Crippen LogP contribution is 2.26. The van der Waals surface area contributed by atoms with Crippen LogP contribution in [0.15, 0.2) is 24.3 Å². The van der Waals surface area contributed by atoms with Gasteiger partial charge in [0, 0.05) is 30.1 Å². The van der Waals surface area contributed by atoms with E-state index >= 15 is 0 Å². The molecule has 1 aromatic rings. The quantitative estimate of drug-likeness (QED) is 0.874. The number of carbonyl (C=O) groups excluding carboxylic acids is 2. The highest BCUT2D eigenvalue weighted by atomic mass is 16.2. The predicted octanol–water partition coefficient (Wildman–Crippen LogP) is 4.21. The number of piperidine rings is 1. The lowest BCUT2D eigenvalue weighted by Crippen LogP contribution is -2.45. The first-order chi connectivity index (χ1) is 11.5. The number of rotatable bonds is 2. The first kappa shape index (κ1) is 19.5. The van der Waals surface area contributed by atoms with Crippen molar-refractivity contribution in [3.8, 4) is 0 Å². The Balaban J connectivity index is 1.90. The third-order valence-corrected chi connectivity index (χ3v) is 4.81. The zero-order valence-electron chi connectivity index (χ0n) is 16.5. The van der Waals surface area contributed by atoms with Gasteiger partial charge in [-0.1, -0.05) is 53.7 Å². The molecule has 0 bridgehead atoms. The second-order valence-corrected chi connectivity index (χ2v) is 9.13. The lowest BCUT2D eigenvalue weighted by molar-refractivity contribution is -0.142. The zero-order chi connectivity index (χ0) is 18.8. The molecular formula is C21H32N2O2.